The molecule has 1 aliphatic rings. The third-order valence-electron chi connectivity index (χ3n) is 3.07. The first-order valence-electron chi connectivity index (χ1n) is 4.83. The van der Waals surface area contributed by atoms with Gasteiger partial charge in [-0.1, -0.05) is 40.2 Å². The summed E-state index contributed by atoms with van der Waals surface area (Å²) in [5.41, 5.74) is 8.38. The highest BCUT2D eigenvalue weighted by atomic mass is 79.9. The lowest BCUT2D eigenvalue weighted by Crippen LogP contribution is -2.16. The largest absolute Gasteiger partial charge is 0.327 e. The SMILES string of the molecule is C=C(CN)C1(c2ccc(Br)cc2)CC1. The molecule has 0 spiro atoms. The van der Waals surface area contributed by atoms with Crippen LogP contribution in [0.2, 0.25) is 0 Å². The molecule has 0 saturated heterocycles. The standard InChI is InChI=1S/C12H14BrN/c1-9(8-14)12(6-7-12)10-2-4-11(13)5-3-10/h2-5H,1,6-8,14H2. The van der Waals surface area contributed by atoms with Gasteiger partial charge in [0, 0.05) is 16.4 Å². The van der Waals surface area contributed by atoms with Crippen molar-refractivity contribution in [1.29, 1.82) is 0 Å². The quantitative estimate of drug-likeness (QED) is 0.822. The Bertz CT molecular complexity index is 349. The lowest BCUT2D eigenvalue weighted by Gasteiger charge is -2.17. The average Bonchev–Trinajstić information content (AvgIpc) is 2.99. The van der Waals surface area contributed by atoms with Gasteiger partial charge in [-0.05, 0) is 30.5 Å². The molecule has 1 aromatic carbocycles. The lowest BCUT2D eigenvalue weighted by molar-refractivity contribution is 0.795. The number of nitrogens with two attached hydrogens (primary N) is 1. The fraction of sp³-hybridized carbons (Fsp3) is 0.333. The van der Waals surface area contributed by atoms with Crippen LogP contribution < -0.4 is 5.73 Å². The van der Waals surface area contributed by atoms with Gasteiger partial charge in [-0.25, -0.2) is 0 Å². The predicted octanol–water partition coefficient (Wildman–Crippen LogP) is 3.00. The highest BCUT2D eigenvalue weighted by molar-refractivity contribution is 9.10. The van der Waals surface area contributed by atoms with Gasteiger partial charge in [-0.15, -0.1) is 0 Å². The van der Waals surface area contributed by atoms with E-state index in [1.54, 1.807) is 0 Å². The van der Waals surface area contributed by atoms with Crippen LogP contribution in [-0.2, 0) is 5.41 Å². The van der Waals surface area contributed by atoms with Gasteiger partial charge in [0.05, 0.1) is 0 Å². The maximum Gasteiger partial charge on any atom is 0.0175 e. The van der Waals surface area contributed by atoms with Gasteiger partial charge in [-0.3, -0.25) is 0 Å². The van der Waals surface area contributed by atoms with Gasteiger partial charge in [0.2, 0.25) is 0 Å². The number of halogens is 1. The van der Waals surface area contributed by atoms with Gasteiger partial charge in [-0.2, -0.15) is 0 Å². The first-order valence-corrected chi connectivity index (χ1v) is 5.63. The third kappa shape index (κ3) is 1.53. The normalized spacial score (nSPS) is 17.9. The summed E-state index contributed by atoms with van der Waals surface area (Å²) in [6.45, 7) is 4.66. The van der Waals surface area contributed by atoms with Gasteiger partial charge in [0.15, 0.2) is 0 Å². The second-order valence-electron chi connectivity index (χ2n) is 3.90. The van der Waals surface area contributed by atoms with Gasteiger partial charge < -0.3 is 5.73 Å². The molecule has 0 radical (unpaired) electrons. The molecule has 1 saturated carbocycles. The second-order valence-corrected chi connectivity index (χ2v) is 4.81. The summed E-state index contributed by atoms with van der Waals surface area (Å²) in [5.74, 6) is 0. The second kappa shape index (κ2) is 3.52. The Morgan fingerprint density at radius 1 is 1.36 bits per heavy atom. The number of rotatable bonds is 3. The zero-order chi connectivity index (χ0) is 10.2. The molecule has 2 rings (SSSR count). The van der Waals surface area contributed by atoms with E-state index in [1.807, 2.05) is 0 Å². The van der Waals surface area contributed by atoms with E-state index in [0.29, 0.717) is 6.54 Å². The zero-order valence-electron chi connectivity index (χ0n) is 8.09. The molecule has 0 unspecified atom stereocenters. The molecule has 14 heavy (non-hydrogen) atoms. The van der Waals surface area contributed by atoms with E-state index in [2.05, 4.69) is 46.8 Å². The van der Waals surface area contributed by atoms with E-state index in [0.717, 1.165) is 4.47 Å². The number of hydrogen-bond donors (Lipinski definition) is 1. The first kappa shape index (κ1) is 9.94. The molecular weight excluding hydrogens is 238 g/mol. The molecule has 0 aliphatic heterocycles. The molecule has 74 valence electrons. The van der Waals surface area contributed by atoms with Crippen LogP contribution >= 0.6 is 15.9 Å². The highest BCUT2D eigenvalue weighted by Crippen LogP contribution is 2.52. The Hall–Kier alpha value is -0.600. The molecule has 0 aromatic heterocycles. The molecule has 1 aromatic rings. The minimum absolute atomic E-state index is 0.204. The van der Waals surface area contributed by atoms with Crippen molar-refractivity contribution >= 4 is 15.9 Å². The fourth-order valence-electron chi connectivity index (χ4n) is 1.94. The molecule has 1 nitrogen and oxygen atoms in total. The summed E-state index contributed by atoms with van der Waals surface area (Å²) in [4.78, 5) is 0. The van der Waals surface area contributed by atoms with Crippen molar-refractivity contribution in [2.24, 2.45) is 5.73 Å². The van der Waals surface area contributed by atoms with Crippen LogP contribution in [0, 0.1) is 0 Å². The topological polar surface area (TPSA) is 26.0 Å². The Morgan fingerprint density at radius 2 is 1.93 bits per heavy atom. The molecule has 2 heteroatoms. The molecule has 1 fully saturated rings. The van der Waals surface area contributed by atoms with E-state index in [1.165, 1.54) is 24.0 Å². The van der Waals surface area contributed by atoms with Crippen molar-refractivity contribution in [2.75, 3.05) is 6.54 Å². The maximum absolute atomic E-state index is 5.66. The van der Waals surface area contributed by atoms with Crippen LogP contribution in [0.5, 0.6) is 0 Å². The smallest absolute Gasteiger partial charge is 0.0175 e. The summed E-state index contributed by atoms with van der Waals surface area (Å²) in [6.07, 6.45) is 2.40. The lowest BCUT2D eigenvalue weighted by atomic mass is 9.89. The van der Waals surface area contributed by atoms with Gasteiger partial charge in [0.25, 0.3) is 0 Å². The Balaban J connectivity index is 2.31. The van der Waals surface area contributed by atoms with E-state index >= 15 is 0 Å². The Labute approximate surface area is 93.1 Å². The zero-order valence-corrected chi connectivity index (χ0v) is 9.68. The van der Waals surface area contributed by atoms with Crippen molar-refractivity contribution in [3.63, 3.8) is 0 Å². The van der Waals surface area contributed by atoms with E-state index in [4.69, 9.17) is 5.73 Å². The summed E-state index contributed by atoms with van der Waals surface area (Å²) in [7, 11) is 0. The summed E-state index contributed by atoms with van der Waals surface area (Å²) in [6, 6.07) is 8.49. The fourth-order valence-corrected chi connectivity index (χ4v) is 2.20. The van der Waals surface area contributed by atoms with Crippen LogP contribution in [0.4, 0.5) is 0 Å². The van der Waals surface area contributed by atoms with Crippen molar-refractivity contribution in [3.05, 3.63) is 46.5 Å². The third-order valence-corrected chi connectivity index (χ3v) is 3.60. The summed E-state index contributed by atoms with van der Waals surface area (Å²) >= 11 is 3.44. The van der Waals surface area contributed by atoms with Crippen molar-refractivity contribution in [3.8, 4) is 0 Å². The number of hydrogen-bond acceptors (Lipinski definition) is 1. The van der Waals surface area contributed by atoms with Crippen molar-refractivity contribution < 1.29 is 0 Å². The van der Waals surface area contributed by atoms with Gasteiger partial charge in [0.1, 0.15) is 0 Å². The molecular formula is C12H14BrN. The molecule has 1 aliphatic carbocycles. The van der Waals surface area contributed by atoms with Crippen LogP contribution in [0.25, 0.3) is 0 Å². The van der Waals surface area contributed by atoms with Gasteiger partial charge >= 0.3 is 0 Å². The maximum atomic E-state index is 5.66. The van der Waals surface area contributed by atoms with E-state index in [-0.39, 0.29) is 5.41 Å². The van der Waals surface area contributed by atoms with E-state index < -0.39 is 0 Å². The monoisotopic (exact) mass is 251 g/mol. The van der Waals surface area contributed by atoms with E-state index in [9.17, 15) is 0 Å². The van der Waals surface area contributed by atoms with Crippen LogP contribution in [0.15, 0.2) is 40.9 Å². The number of benzene rings is 1. The van der Waals surface area contributed by atoms with Crippen LogP contribution in [-0.4, -0.2) is 6.54 Å². The average molecular weight is 252 g/mol. The predicted molar refractivity (Wildman–Crippen MR) is 63.2 cm³/mol. The minimum atomic E-state index is 0.204. The Kier molecular flexibility index (Phi) is 2.50. The molecule has 0 bridgehead atoms. The Morgan fingerprint density at radius 3 is 2.36 bits per heavy atom. The van der Waals surface area contributed by atoms with Crippen molar-refractivity contribution in [2.45, 2.75) is 18.3 Å². The minimum Gasteiger partial charge on any atom is -0.327 e. The summed E-state index contributed by atoms with van der Waals surface area (Å²) in [5, 5.41) is 0. The highest BCUT2D eigenvalue weighted by Gasteiger charge is 2.45. The summed E-state index contributed by atoms with van der Waals surface area (Å²) < 4.78 is 1.12. The molecule has 2 N–H and O–H groups in total. The first-order chi connectivity index (χ1) is 6.69. The van der Waals surface area contributed by atoms with Crippen LogP contribution in [0.3, 0.4) is 0 Å². The molecule has 0 heterocycles. The van der Waals surface area contributed by atoms with Crippen LogP contribution in [0.1, 0.15) is 18.4 Å². The molecule has 0 atom stereocenters. The van der Waals surface area contributed by atoms with Crippen molar-refractivity contribution in [1.82, 2.24) is 0 Å². The molecule has 0 amide bonds.